The molecule has 1 aromatic heterocycles. The second-order valence-electron chi connectivity index (χ2n) is 5.61. The molecule has 0 spiro atoms. The Kier molecular flexibility index (Phi) is 4.99. The van der Waals surface area contributed by atoms with Crippen LogP contribution in [0, 0.1) is 11.8 Å². The highest BCUT2D eigenvalue weighted by Crippen LogP contribution is 2.20. The first-order valence-corrected chi connectivity index (χ1v) is 8.14. The number of hydrogen-bond acceptors (Lipinski definition) is 3. The van der Waals surface area contributed by atoms with Crippen LogP contribution in [0.4, 0.5) is 5.82 Å². The third-order valence-electron chi connectivity index (χ3n) is 3.57. The first-order chi connectivity index (χ1) is 12.0. The Bertz CT molecular complexity index is 985. The molecule has 0 saturated heterocycles. The number of anilines is 1. The highest BCUT2D eigenvalue weighted by atomic mass is 35.5. The molecule has 0 aliphatic carbocycles. The third kappa shape index (κ3) is 4.16. The van der Waals surface area contributed by atoms with E-state index in [0.29, 0.717) is 16.5 Å². The number of carbonyl (C=O) groups is 1. The highest BCUT2D eigenvalue weighted by Gasteiger charge is 2.10. The van der Waals surface area contributed by atoms with Gasteiger partial charge in [0.15, 0.2) is 0 Å². The summed E-state index contributed by atoms with van der Waals surface area (Å²) in [4.78, 5) is 16.3. The molecule has 2 aromatic carbocycles. The van der Waals surface area contributed by atoms with E-state index in [1.165, 1.54) is 0 Å². The normalized spacial score (nSPS) is 11.5. The summed E-state index contributed by atoms with van der Waals surface area (Å²) >= 11 is 5.89. The van der Waals surface area contributed by atoms with Crippen molar-refractivity contribution < 1.29 is 4.79 Å². The maximum Gasteiger partial charge on any atom is 0.242 e. The zero-order chi connectivity index (χ0) is 17.8. The number of amides is 1. The molecule has 5 heteroatoms. The van der Waals surface area contributed by atoms with Crippen LogP contribution in [0.25, 0.3) is 10.8 Å². The predicted molar refractivity (Wildman–Crippen MR) is 101 cm³/mol. The van der Waals surface area contributed by atoms with Crippen molar-refractivity contribution in [1.29, 1.82) is 0 Å². The summed E-state index contributed by atoms with van der Waals surface area (Å²) in [7, 11) is 0. The molecular formula is C20H16ClN3O. The summed E-state index contributed by atoms with van der Waals surface area (Å²) in [5, 5.41) is 5.24. The van der Waals surface area contributed by atoms with Gasteiger partial charge in [0.2, 0.25) is 5.91 Å². The SMILES string of the molecule is CC(N)C(=O)Nc1cc2ccccc2c(C#Cc2ccc(Cl)cc2)n1. The van der Waals surface area contributed by atoms with Crippen LogP contribution in [0.2, 0.25) is 5.02 Å². The van der Waals surface area contributed by atoms with Crippen LogP contribution in [0.5, 0.6) is 0 Å². The van der Waals surface area contributed by atoms with Crippen molar-refractivity contribution in [2.24, 2.45) is 5.73 Å². The van der Waals surface area contributed by atoms with Gasteiger partial charge in [-0.2, -0.15) is 0 Å². The van der Waals surface area contributed by atoms with E-state index in [1.54, 1.807) is 19.1 Å². The standard InChI is InChI=1S/C20H16ClN3O/c1-13(22)20(25)24-19-12-15-4-2-3-5-17(15)18(23-19)11-8-14-6-9-16(21)10-7-14/h2-7,9-10,12-13H,22H2,1H3,(H,23,24,25). The van der Waals surface area contributed by atoms with Crippen molar-refractivity contribution in [3.63, 3.8) is 0 Å². The Morgan fingerprint density at radius 2 is 1.88 bits per heavy atom. The molecule has 0 fully saturated rings. The molecule has 0 bridgehead atoms. The second-order valence-corrected chi connectivity index (χ2v) is 6.05. The number of hydrogen-bond donors (Lipinski definition) is 2. The molecule has 1 unspecified atom stereocenters. The van der Waals surface area contributed by atoms with Gasteiger partial charge in [0.1, 0.15) is 11.5 Å². The van der Waals surface area contributed by atoms with Crippen LogP contribution in [-0.4, -0.2) is 16.9 Å². The van der Waals surface area contributed by atoms with Gasteiger partial charge in [-0.15, -0.1) is 0 Å². The first-order valence-electron chi connectivity index (χ1n) is 7.77. The topological polar surface area (TPSA) is 68.0 Å². The van der Waals surface area contributed by atoms with Crippen molar-refractivity contribution in [1.82, 2.24) is 4.98 Å². The van der Waals surface area contributed by atoms with Gasteiger partial charge < -0.3 is 11.1 Å². The molecule has 0 radical (unpaired) electrons. The number of nitrogens with one attached hydrogen (secondary N) is 1. The monoisotopic (exact) mass is 349 g/mol. The molecule has 0 saturated carbocycles. The lowest BCUT2D eigenvalue weighted by Crippen LogP contribution is -2.32. The Hall–Kier alpha value is -2.87. The summed E-state index contributed by atoms with van der Waals surface area (Å²) in [5.74, 6) is 6.29. The fourth-order valence-electron chi connectivity index (χ4n) is 2.26. The zero-order valence-electron chi connectivity index (χ0n) is 13.6. The number of aromatic nitrogens is 1. The molecule has 3 aromatic rings. The summed E-state index contributed by atoms with van der Waals surface area (Å²) in [6.07, 6.45) is 0. The highest BCUT2D eigenvalue weighted by molar-refractivity contribution is 6.30. The lowest BCUT2D eigenvalue weighted by atomic mass is 10.1. The van der Waals surface area contributed by atoms with Gasteiger partial charge in [0.25, 0.3) is 0 Å². The average molecular weight is 350 g/mol. The lowest BCUT2D eigenvalue weighted by Gasteiger charge is -2.09. The number of halogens is 1. The Morgan fingerprint density at radius 1 is 1.16 bits per heavy atom. The van der Waals surface area contributed by atoms with E-state index in [4.69, 9.17) is 17.3 Å². The summed E-state index contributed by atoms with van der Waals surface area (Å²) in [6.45, 7) is 1.62. The van der Waals surface area contributed by atoms with E-state index in [9.17, 15) is 4.79 Å². The number of nitrogens with zero attached hydrogens (tertiary/aromatic N) is 1. The van der Waals surface area contributed by atoms with Crippen LogP contribution in [-0.2, 0) is 4.79 Å². The minimum Gasteiger partial charge on any atom is -0.320 e. The summed E-state index contributed by atoms with van der Waals surface area (Å²) in [6, 6.07) is 16.2. The van der Waals surface area contributed by atoms with Gasteiger partial charge in [-0.1, -0.05) is 41.8 Å². The number of benzene rings is 2. The van der Waals surface area contributed by atoms with Crippen LogP contribution in [0.1, 0.15) is 18.2 Å². The predicted octanol–water partition coefficient (Wildman–Crippen LogP) is 3.57. The van der Waals surface area contributed by atoms with Gasteiger partial charge in [0.05, 0.1) is 6.04 Å². The van der Waals surface area contributed by atoms with Gasteiger partial charge >= 0.3 is 0 Å². The van der Waals surface area contributed by atoms with E-state index in [0.717, 1.165) is 16.3 Å². The maximum absolute atomic E-state index is 11.8. The molecule has 25 heavy (non-hydrogen) atoms. The minimum atomic E-state index is -0.614. The van der Waals surface area contributed by atoms with E-state index in [2.05, 4.69) is 22.1 Å². The molecular weight excluding hydrogens is 334 g/mol. The fourth-order valence-corrected chi connectivity index (χ4v) is 2.39. The van der Waals surface area contributed by atoms with Crippen LogP contribution in [0.15, 0.2) is 54.6 Å². The van der Waals surface area contributed by atoms with Crippen LogP contribution in [0.3, 0.4) is 0 Å². The smallest absolute Gasteiger partial charge is 0.242 e. The molecule has 1 atom stereocenters. The number of carbonyl (C=O) groups excluding carboxylic acids is 1. The second kappa shape index (κ2) is 7.35. The van der Waals surface area contributed by atoms with E-state index >= 15 is 0 Å². The lowest BCUT2D eigenvalue weighted by molar-refractivity contribution is -0.117. The number of pyridine rings is 1. The molecule has 1 heterocycles. The fraction of sp³-hybridized carbons (Fsp3) is 0.100. The minimum absolute atomic E-state index is 0.292. The zero-order valence-corrected chi connectivity index (χ0v) is 14.3. The van der Waals surface area contributed by atoms with Crippen LogP contribution < -0.4 is 11.1 Å². The van der Waals surface area contributed by atoms with Gasteiger partial charge in [0, 0.05) is 16.0 Å². The number of fused-ring (bicyclic) bond motifs is 1. The number of rotatable bonds is 2. The number of nitrogens with two attached hydrogens (primary N) is 1. The quantitative estimate of drug-likeness (QED) is 0.695. The molecule has 124 valence electrons. The van der Waals surface area contributed by atoms with Crippen molar-refractivity contribution in [3.05, 3.63) is 70.9 Å². The van der Waals surface area contributed by atoms with E-state index < -0.39 is 6.04 Å². The van der Waals surface area contributed by atoms with Gasteiger partial charge in [-0.3, -0.25) is 4.79 Å². The molecule has 0 aliphatic heterocycles. The average Bonchev–Trinajstić information content (AvgIpc) is 2.61. The first kappa shape index (κ1) is 17.0. The Labute approximate surface area is 151 Å². The van der Waals surface area contributed by atoms with Crippen molar-refractivity contribution in [3.8, 4) is 11.8 Å². The van der Waals surface area contributed by atoms with Crippen molar-refractivity contribution in [2.45, 2.75) is 13.0 Å². The summed E-state index contributed by atoms with van der Waals surface area (Å²) in [5.41, 5.74) is 7.03. The van der Waals surface area contributed by atoms with Gasteiger partial charge in [-0.05, 0) is 48.6 Å². The molecule has 3 rings (SSSR count). The van der Waals surface area contributed by atoms with Crippen molar-refractivity contribution in [2.75, 3.05) is 5.32 Å². The molecule has 4 nitrogen and oxygen atoms in total. The molecule has 0 aliphatic rings. The Balaban J connectivity index is 2.03. The molecule has 1 amide bonds. The van der Waals surface area contributed by atoms with Crippen molar-refractivity contribution >= 4 is 34.1 Å². The molecule has 3 N–H and O–H groups in total. The largest absolute Gasteiger partial charge is 0.320 e. The van der Waals surface area contributed by atoms with E-state index in [-0.39, 0.29) is 5.91 Å². The maximum atomic E-state index is 11.8. The van der Waals surface area contributed by atoms with Crippen LogP contribution >= 0.6 is 11.6 Å². The third-order valence-corrected chi connectivity index (χ3v) is 3.83. The van der Waals surface area contributed by atoms with E-state index in [1.807, 2.05) is 42.5 Å². The summed E-state index contributed by atoms with van der Waals surface area (Å²) < 4.78 is 0. The van der Waals surface area contributed by atoms with Gasteiger partial charge in [-0.25, -0.2) is 4.98 Å². The Morgan fingerprint density at radius 3 is 2.60 bits per heavy atom.